The zero-order valence-corrected chi connectivity index (χ0v) is 15.8. The Balaban J connectivity index is 2.02. The van der Waals surface area contributed by atoms with Crippen LogP contribution in [0.2, 0.25) is 5.02 Å². The minimum Gasteiger partial charge on any atom is -0.465 e. The summed E-state index contributed by atoms with van der Waals surface area (Å²) >= 11 is 6.95. The van der Waals surface area contributed by atoms with Crippen molar-refractivity contribution in [2.45, 2.75) is 0 Å². The maximum Gasteiger partial charge on any atom is 0.338 e. The van der Waals surface area contributed by atoms with Crippen LogP contribution >= 0.6 is 22.9 Å². The molecule has 3 aromatic rings. The molecule has 0 unspecified atom stereocenters. The number of hydrogen-bond donors (Lipinski definition) is 1. The van der Waals surface area contributed by atoms with E-state index in [0.717, 1.165) is 11.3 Å². The largest absolute Gasteiger partial charge is 0.465 e. The first-order valence-corrected chi connectivity index (χ1v) is 9.07. The van der Waals surface area contributed by atoms with Gasteiger partial charge in [0, 0.05) is 16.7 Å². The lowest BCUT2D eigenvalue weighted by molar-refractivity contribution is 0.0600. The van der Waals surface area contributed by atoms with Gasteiger partial charge in [-0.3, -0.25) is 9.59 Å². The number of carbonyl (C=O) groups excluding carboxylic acids is 2. The highest BCUT2D eigenvalue weighted by Crippen LogP contribution is 2.11. The zero-order chi connectivity index (χ0) is 19.4. The van der Waals surface area contributed by atoms with E-state index in [-0.39, 0.29) is 11.3 Å². The molecule has 0 atom stereocenters. The number of nitrogens with one attached hydrogen (secondary N) is 1. The second kappa shape index (κ2) is 8.16. The van der Waals surface area contributed by atoms with Crippen LogP contribution in [0.25, 0.3) is 12.2 Å². The SMILES string of the molecule is COC(=O)c1ccccc1/C=c1\s/c(=C\C(=O)c2ccc(Cl)cc2)[nH]c1=O. The zero-order valence-electron chi connectivity index (χ0n) is 14.2. The smallest absolute Gasteiger partial charge is 0.338 e. The quantitative estimate of drug-likeness (QED) is 0.539. The van der Waals surface area contributed by atoms with Crippen LogP contribution in [0.1, 0.15) is 26.3 Å². The van der Waals surface area contributed by atoms with Gasteiger partial charge in [0.2, 0.25) is 0 Å². The van der Waals surface area contributed by atoms with Crippen molar-refractivity contribution in [3.63, 3.8) is 0 Å². The Morgan fingerprint density at radius 1 is 1.11 bits per heavy atom. The fraction of sp³-hybridized carbons (Fsp3) is 0.0500. The van der Waals surface area contributed by atoms with Gasteiger partial charge in [-0.15, -0.1) is 11.3 Å². The molecule has 136 valence electrons. The summed E-state index contributed by atoms with van der Waals surface area (Å²) in [6.07, 6.45) is 2.96. The van der Waals surface area contributed by atoms with Gasteiger partial charge < -0.3 is 9.72 Å². The van der Waals surface area contributed by atoms with Crippen LogP contribution in [0, 0.1) is 0 Å². The maximum atomic E-state index is 12.3. The van der Waals surface area contributed by atoms with Gasteiger partial charge in [0.05, 0.1) is 21.9 Å². The van der Waals surface area contributed by atoms with Crippen molar-refractivity contribution in [3.05, 3.63) is 89.8 Å². The number of aromatic nitrogens is 1. The Morgan fingerprint density at radius 3 is 2.52 bits per heavy atom. The van der Waals surface area contributed by atoms with Crippen molar-refractivity contribution in [3.8, 4) is 0 Å². The number of halogens is 1. The summed E-state index contributed by atoms with van der Waals surface area (Å²) in [7, 11) is 1.30. The van der Waals surface area contributed by atoms with E-state index >= 15 is 0 Å². The Kier molecular flexibility index (Phi) is 5.69. The second-order valence-corrected chi connectivity index (χ2v) is 7.04. The van der Waals surface area contributed by atoms with E-state index in [1.807, 2.05) is 0 Å². The molecule has 1 heterocycles. The summed E-state index contributed by atoms with van der Waals surface area (Å²) in [5.41, 5.74) is 1.05. The number of Topliss-reactive ketones (excluding diaryl/α,β-unsaturated/α-hetero) is 1. The van der Waals surface area contributed by atoms with Crippen molar-refractivity contribution in [2.24, 2.45) is 0 Å². The average Bonchev–Trinajstić information content (AvgIpc) is 3.01. The van der Waals surface area contributed by atoms with Crippen molar-refractivity contribution >= 4 is 46.8 Å². The molecule has 0 radical (unpaired) electrons. The Morgan fingerprint density at radius 2 is 1.81 bits per heavy atom. The minimum absolute atomic E-state index is 0.245. The molecular formula is C20H14ClNO4S. The number of carbonyl (C=O) groups is 2. The number of ether oxygens (including phenoxy) is 1. The summed E-state index contributed by atoms with van der Waals surface area (Å²) in [4.78, 5) is 39.0. The standard InChI is InChI=1S/C20H14ClNO4S/c1-26-20(25)15-5-3-2-4-13(15)10-17-19(24)22-18(27-17)11-16(23)12-6-8-14(21)9-7-12/h2-11H,1H3,(H,22,24)/b17-10-,18-11-. The molecule has 1 aromatic heterocycles. The van der Waals surface area contributed by atoms with E-state index in [4.69, 9.17) is 16.3 Å². The Labute approximate surface area is 163 Å². The number of ketones is 1. The van der Waals surface area contributed by atoms with E-state index < -0.39 is 5.97 Å². The van der Waals surface area contributed by atoms with E-state index in [0.29, 0.717) is 30.9 Å². The summed E-state index contributed by atoms with van der Waals surface area (Å²) in [5.74, 6) is -0.731. The van der Waals surface area contributed by atoms with Crippen molar-refractivity contribution < 1.29 is 14.3 Å². The first kappa shape index (κ1) is 18.8. The van der Waals surface area contributed by atoms with E-state index in [2.05, 4.69) is 4.98 Å². The minimum atomic E-state index is -0.487. The number of rotatable bonds is 4. The number of aromatic amines is 1. The summed E-state index contributed by atoms with van der Waals surface area (Å²) in [6, 6.07) is 13.3. The molecule has 0 fully saturated rings. The number of esters is 1. The highest BCUT2D eigenvalue weighted by molar-refractivity contribution is 7.07. The predicted octanol–water partition coefficient (Wildman–Crippen LogP) is 2.37. The molecular weight excluding hydrogens is 386 g/mol. The summed E-state index contributed by atoms with van der Waals surface area (Å²) in [5, 5.41) is 0.539. The lowest BCUT2D eigenvalue weighted by Gasteiger charge is -2.02. The van der Waals surface area contributed by atoms with E-state index in [9.17, 15) is 14.4 Å². The third-order valence-corrected chi connectivity index (χ3v) is 4.94. The third-order valence-electron chi connectivity index (χ3n) is 3.72. The summed E-state index contributed by atoms with van der Waals surface area (Å²) in [6.45, 7) is 0. The third kappa shape index (κ3) is 4.42. The first-order valence-electron chi connectivity index (χ1n) is 7.88. The molecule has 2 aromatic carbocycles. The summed E-state index contributed by atoms with van der Waals surface area (Å²) < 4.78 is 5.55. The molecule has 0 aliphatic rings. The van der Waals surface area contributed by atoms with Gasteiger partial charge in [-0.05, 0) is 42.0 Å². The Bertz CT molecular complexity index is 1180. The normalized spacial score (nSPS) is 12.2. The number of hydrogen-bond acceptors (Lipinski definition) is 5. The van der Waals surface area contributed by atoms with Gasteiger partial charge >= 0.3 is 5.97 Å². The van der Waals surface area contributed by atoms with Crippen LogP contribution in [0.5, 0.6) is 0 Å². The van der Waals surface area contributed by atoms with Gasteiger partial charge in [0.25, 0.3) is 5.56 Å². The van der Waals surface area contributed by atoms with Gasteiger partial charge in [0.15, 0.2) is 5.78 Å². The highest BCUT2D eigenvalue weighted by atomic mass is 35.5. The monoisotopic (exact) mass is 399 g/mol. The fourth-order valence-corrected chi connectivity index (χ4v) is 3.40. The molecule has 0 aliphatic heterocycles. The highest BCUT2D eigenvalue weighted by Gasteiger charge is 2.09. The van der Waals surface area contributed by atoms with Crippen LogP contribution in [0.3, 0.4) is 0 Å². The molecule has 27 heavy (non-hydrogen) atoms. The molecule has 3 rings (SSSR count). The van der Waals surface area contributed by atoms with E-state index in [1.54, 1.807) is 54.6 Å². The molecule has 1 N–H and O–H groups in total. The van der Waals surface area contributed by atoms with Crippen molar-refractivity contribution in [2.75, 3.05) is 7.11 Å². The number of thiazole rings is 1. The van der Waals surface area contributed by atoms with Crippen LogP contribution in [0.15, 0.2) is 53.3 Å². The molecule has 0 aliphatic carbocycles. The predicted molar refractivity (Wildman–Crippen MR) is 106 cm³/mol. The lowest BCUT2D eigenvalue weighted by atomic mass is 10.1. The van der Waals surface area contributed by atoms with Crippen LogP contribution in [-0.4, -0.2) is 23.8 Å². The molecule has 0 bridgehead atoms. The maximum absolute atomic E-state index is 12.3. The van der Waals surface area contributed by atoms with E-state index in [1.165, 1.54) is 13.2 Å². The molecule has 7 heteroatoms. The topological polar surface area (TPSA) is 76.2 Å². The van der Waals surface area contributed by atoms with Crippen LogP contribution < -0.4 is 14.8 Å². The first-order chi connectivity index (χ1) is 13.0. The van der Waals surface area contributed by atoms with Gasteiger partial charge in [0.1, 0.15) is 0 Å². The van der Waals surface area contributed by atoms with Crippen molar-refractivity contribution in [1.29, 1.82) is 0 Å². The van der Waals surface area contributed by atoms with Gasteiger partial charge in [-0.1, -0.05) is 29.8 Å². The number of H-pyrrole nitrogens is 1. The molecule has 0 saturated heterocycles. The lowest BCUT2D eigenvalue weighted by Crippen LogP contribution is -2.20. The molecule has 0 saturated carbocycles. The Hall–Kier alpha value is -2.96. The molecule has 0 spiro atoms. The van der Waals surface area contributed by atoms with Crippen LogP contribution in [0.4, 0.5) is 0 Å². The van der Waals surface area contributed by atoms with Crippen LogP contribution in [-0.2, 0) is 4.74 Å². The van der Waals surface area contributed by atoms with Gasteiger partial charge in [-0.2, -0.15) is 0 Å². The van der Waals surface area contributed by atoms with Crippen molar-refractivity contribution in [1.82, 2.24) is 4.98 Å². The average molecular weight is 400 g/mol. The second-order valence-electron chi connectivity index (χ2n) is 5.52. The fourth-order valence-electron chi connectivity index (χ4n) is 2.40. The number of benzene rings is 2. The molecule has 5 nitrogen and oxygen atoms in total. The number of methoxy groups -OCH3 is 1. The molecule has 0 amide bonds. The van der Waals surface area contributed by atoms with Gasteiger partial charge in [-0.25, -0.2) is 4.79 Å².